The van der Waals surface area contributed by atoms with E-state index in [1.807, 2.05) is 6.92 Å². The largest absolute Gasteiger partial charge is 0.465 e. The molecule has 0 heterocycles. The Labute approximate surface area is 101 Å². The van der Waals surface area contributed by atoms with Gasteiger partial charge < -0.3 is 10.5 Å². The van der Waals surface area contributed by atoms with Gasteiger partial charge in [0.25, 0.3) is 0 Å². The third-order valence-electron chi connectivity index (χ3n) is 1.76. The molecule has 80 valence electrons. The third kappa shape index (κ3) is 2.71. The van der Waals surface area contributed by atoms with Crippen LogP contribution >= 0.6 is 11.6 Å². The van der Waals surface area contributed by atoms with Gasteiger partial charge >= 0.3 is 5.97 Å². The summed E-state index contributed by atoms with van der Waals surface area (Å²) in [5.41, 5.74) is 7.29. The van der Waals surface area contributed by atoms with E-state index in [0.717, 1.165) is 5.56 Å². The number of carbonyl (C=O) groups excluding carboxylic acids is 1. The molecule has 0 aromatic heterocycles. The van der Waals surface area contributed by atoms with E-state index in [1.165, 1.54) is 13.2 Å². The Morgan fingerprint density at radius 1 is 1.50 bits per heavy atom. The minimum absolute atomic E-state index is 0. The van der Waals surface area contributed by atoms with Crippen molar-refractivity contribution in [3.63, 3.8) is 0 Å². The fourth-order valence-electron chi connectivity index (χ4n) is 0.956. The van der Waals surface area contributed by atoms with Gasteiger partial charge in [-0.1, -0.05) is 11.6 Å². The van der Waals surface area contributed by atoms with Crippen molar-refractivity contribution in [2.75, 3.05) is 12.8 Å². The van der Waals surface area contributed by atoms with Gasteiger partial charge in [-0.25, -0.2) is 4.79 Å². The minimum atomic E-state index is -0.475. The quantitative estimate of drug-likeness (QED) is 0.490. The van der Waals surface area contributed by atoms with Crippen molar-refractivity contribution in [1.82, 2.24) is 0 Å². The molecule has 1 aromatic carbocycles. The van der Waals surface area contributed by atoms with Gasteiger partial charge in [-0.2, -0.15) is 0 Å². The Morgan fingerprint density at radius 2 is 2.07 bits per heavy atom. The smallest absolute Gasteiger partial charge is 0.339 e. The molecule has 0 atom stereocenters. The molecule has 0 aliphatic rings. The van der Waals surface area contributed by atoms with Crippen molar-refractivity contribution in [3.05, 3.63) is 28.3 Å². The number of nitrogen functional groups attached to an aromatic ring is 1. The normalized spacial score (nSPS) is 9.07. The van der Waals surface area contributed by atoms with Crippen molar-refractivity contribution in [2.24, 2.45) is 0 Å². The predicted molar refractivity (Wildman–Crippen MR) is 51.9 cm³/mol. The number of carbonyl (C=O) groups is 1. The van der Waals surface area contributed by atoms with Gasteiger partial charge in [-0.15, -0.1) is 0 Å². The van der Waals surface area contributed by atoms with Crippen LogP contribution in [0.5, 0.6) is 0 Å². The van der Waals surface area contributed by atoms with Crippen LogP contribution in [0.1, 0.15) is 15.9 Å². The summed E-state index contributed by atoms with van der Waals surface area (Å²) >= 11 is 5.82. The average molecular weight is 306 g/mol. The van der Waals surface area contributed by atoms with Crippen LogP contribution in [0.2, 0.25) is 5.02 Å². The van der Waals surface area contributed by atoms with Crippen LogP contribution in [0.4, 0.5) is 5.69 Å². The number of rotatable bonds is 1. The van der Waals surface area contributed by atoms with E-state index < -0.39 is 5.97 Å². The number of nitrogens with two attached hydrogens (primary N) is 1. The number of halogens is 1. The molecule has 0 radical (unpaired) electrons. The first-order valence-corrected chi connectivity index (χ1v) is 4.08. The Kier molecular flexibility index (Phi) is 5.14. The molecule has 0 amide bonds. The van der Waals surface area contributed by atoms with E-state index in [0.29, 0.717) is 16.3 Å². The van der Waals surface area contributed by atoms with Crippen molar-refractivity contribution in [1.29, 1.82) is 0 Å². The molecule has 0 bridgehead atoms. The molecule has 0 spiro atoms. The zero-order chi connectivity index (χ0) is 10.0. The molecule has 0 aliphatic carbocycles. The first-order chi connectivity index (χ1) is 6.06. The molecular formula is C9H10ClNO2Pd. The summed E-state index contributed by atoms with van der Waals surface area (Å²) in [5, 5.41) is 0.360. The first kappa shape index (κ1) is 13.4. The summed E-state index contributed by atoms with van der Waals surface area (Å²) in [6.45, 7) is 1.82. The second kappa shape index (κ2) is 5.35. The second-order valence-electron chi connectivity index (χ2n) is 2.68. The van der Waals surface area contributed by atoms with E-state index in [1.54, 1.807) is 6.07 Å². The number of hydrogen-bond acceptors (Lipinski definition) is 3. The fourth-order valence-corrected chi connectivity index (χ4v) is 1.25. The number of methoxy groups -OCH3 is 1. The van der Waals surface area contributed by atoms with E-state index in [-0.39, 0.29) is 20.4 Å². The first-order valence-electron chi connectivity index (χ1n) is 3.70. The van der Waals surface area contributed by atoms with Gasteiger partial charge in [0.15, 0.2) is 0 Å². The Bertz CT molecular complexity index is 355. The summed E-state index contributed by atoms with van der Waals surface area (Å²) in [5.74, 6) is -0.475. The van der Waals surface area contributed by atoms with Gasteiger partial charge in [0.1, 0.15) is 0 Å². The molecular weight excluding hydrogens is 296 g/mol. The van der Waals surface area contributed by atoms with E-state index in [2.05, 4.69) is 4.74 Å². The molecule has 0 unspecified atom stereocenters. The number of ether oxygens (including phenoxy) is 1. The van der Waals surface area contributed by atoms with E-state index in [4.69, 9.17) is 17.3 Å². The van der Waals surface area contributed by atoms with Gasteiger partial charge in [-0.05, 0) is 24.6 Å². The molecule has 5 heteroatoms. The SMILES string of the molecule is COC(=O)c1cc(N)c(C)cc1Cl.[Pd]. The van der Waals surface area contributed by atoms with Gasteiger partial charge in [-0.3, -0.25) is 0 Å². The Morgan fingerprint density at radius 3 is 2.57 bits per heavy atom. The number of aryl methyl sites for hydroxylation is 1. The summed E-state index contributed by atoms with van der Waals surface area (Å²) in [6.07, 6.45) is 0. The molecule has 0 aliphatic heterocycles. The molecule has 1 rings (SSSR count). The van der Waals surface area contributed by atoms with Crippen LogP contribution in [0.15, 0.2) is 12.1 Å². The van der Waals surface area contributed by atoms with Crippen LogP contribution in [-0.2, 0) is 25.2 Å². The van der Waals surface area contributed by atoms with Crippen LogP contribution in [0.3, 0.4) is 0 Å². The van der Waals surface area contributed by atoms with Gasteiger partial charge in [0.2, 0.25) is 0 Å². The maximum absolute atomic E-state index is 11.1. The van der Waals surface area contributed by atoms with Crippen molar-refractivity contribution in [2.45, 2.75) is 6.92 Å². The standard InChI is InChI=1S/C9H10ClNO2.Pd/c1-5-3-7(10)6(4-8(5)11)9(12)13-2;/h3-4H,11H2,1-2H3;. The maximum Gasteiger partial charge on any atom is 0.339 e. The molecule has 3 nitrogen and oxygen atoms in total. The summed E-state index contributed by atoms with van der Waals surface area (Å²) < 4.78 is 4.53. The molecule has 0 saturated heterocycles. The fraction of sp³-hybridized carbons (Fsp3) is 0.222. The van der Waals surface area contributed by atoms with E-state index in [9.17, 15) is 4.79 Å². The van der Waals surface area contributed by atoms with Crippen LogP contribution in [0, 0.1) is 6.92 Å². The number of benzene rings is 1. The molecule has 1 aromatic rings. The van der Waals surface area contributed by atoms with Crippen LogP contribution in [-0.4, -0.2) is 13.1 Å². The maximum atomic E-state index is 11.1. The van der Waals surface area contributed by atoms with Crippen molar-refractivity contribution < 1.29 is 30.0 Å². The van der Waals surface area contributed by atoms with Crippen molar-refractivity contribution >= 4 is 23.3 Å². The van der Waals surface area contributed by atoms with Gasteiger partial charge in [0, 0.05) is 26.1 Å². The van der Waals surface area contributed by atoms with E-state index >= 15 is 0 Å². The van der Waals surface area contributed by atoms with Crippen LogP contribution < -0.4 is 5.73 Å². The average Bonchev–Trinajstić information content (AvgIpc) is 2.10. The molecule has 2 N–H and O–H groups in total. The van der Waals surface area contributed by atoms with Gasteiger partial charge in [0.05, 0.1) is 17.7 Å². The predicted octanol–water partition coefficient (Wildman–Crippen LogP) is 2.01. The number of esters is 1. The van der Waals surface area contributed by atoms with Crippen LogP contribution in [0.25, 0.3) is 0 Å². The minimum Gasteiger partial charge on any atom is -0.465 e. The number of hydrogen-bond donors (Lipinski definition) is 1. The summed E-state index contributed by atoms with van der Waals surface area (Å²) in [7, 11) is 1.30. The molecule has 0 saturated carbocycles. The molecule has 14 heavy (non-hydrogen) atoms. The third-order valence-corrected chi connectivity index (χ3v) is 2.07. The zero-order valence-electron chi connectivity index (χ0n) is 7.74. The summed E-state index contributed by atoms with van der Waals surface area (Å²) in [6, 6.07) is 3.16. The summed E-state index contributed by atoms with van der Waals surface area (Å²) in [4.78, 5) is 11.1. The molecule has 0 fully saturated rings. The monoisotopic (exact) mass is 305 g/mol. The Hall–Kier alpha value is -0.558. The number of anilines is 1. The second-order valence-corrected chi connectivity index (χ2v) is 3.09. The topological polar surface area (TPSA) is 52.3 Å². The van der Waals surface area contributed by atoms with Crippen molar-refractivity contribution in [3.8, 4) is 0 Å². The Balaban J connectivity index is 0.00000169. The zero-order valence-corrected chi connectivity index (χ0v) is 10.1.